The molecule has 138 valence electrons. The second kappa shape index (κ2) is 8.69. The number of rotatable bonds is 6. The lowest BCUT2D eigenvalue weighted by molar-refractivity contribution is -0.121. The summed E-state index contributed by atoms with van der Waals surface area (Å²) in [4.78, 5) is 13.7. The quantitative estimate of drug-likeness (QED) is 0.714. The number of amides is 1. The highest BCUT2D eigenvalue weighted by atomic mass is 35.5. The van der Waals surface area contributed by atoms with Crippen molar-refractivity contribution in [2.75, 3.05) is 13.2 Å². The van der Waals surface area contributed by atoms with Crippen LogP contribution >= 0.6 is 23.4 Å². The van der Waals surface area contributed by atoms with Crippen molar-refractivity contribution in [3.8, 4) is 11.5 Å². The summed E-state index contributed by atoms with van der Waals surface area (Å²) in [6, 6.07) is 13.2. The molecule has 0 aromatic heterocycles. The van der Waals surface area contributed by atoms with E-state index in [1.54, 1.807) is 11.8 Å². The summed E-state index contributed by atoms with van der Waals surface area (Å²) in [5.74, 6) is 1.51. The van der Waals surface area contributed by atoms with E-state index in [0.29, 0.717) is 18.2 Å². The third-order valence-electron chi connectivity index (χ3n) is 4.18. The van der Waals surface area contributed by atoms with Crippen LogP contribution in [0.5, 0.6) is 11.5 Å². The van der Waals surface area contributed by atoms with Crippen LogP contribution in [0.4, 0.5) is 0 Å². The van der Waals surface area contributed by atoms with Crippen molar-refractivity contribution in [1.29, 1.82) is 0 Å². The Hall–Kier alpha value is -1.85. The molecule has 1 heterocycles. The van der Waals surface area contributed by atoms with Gasteiger partial charge in [-0.3, -0.25) is 4.79 Å². The van der Waals surface area contributed by atoms with Crippen molar-refractivity contribution in [1.82, 2.24) is 5.32 Å². The number of nitrogens with one attached hydrogen (secondary N) is 1. The van der Waals surface area contributed by atoms with Crippen LogP contribution in [0.1, 0.15) is 31.9 Å². The van der Waals surface area contributed by atoms with Gasteiger partial charge in [-0.25, -0.2) is 0 Å². The SMILES string of the molecule is CC[C@@H](Sc1ccc(Cl)cc1)C(=O)N[C@H](C)c1ccc2c(c1)OCCO2. The lowest BCUT2D eigenvalue weighted by Crippen LogP contribution is -2.34. The van der Waals surface area contributed by atoms with E-state index in [-0.39, 0.29) is 17.2 Å². The van der Waals surface area contributed by atoms with Gasteiger partial charge in [-0.05, 0) is 55.3 Å². The normalized spacial score (nSPS) is 15.2. The molecule has 0 spiro atoms. The van der Waals surface area contributed by atoms with Gasteiger partial charge in [0.25, 0.3) is 0 Å². The molecule has 2 atom stereocenters. The fraction of sp³-hybridized carbons (Fsp3) is 0.350. The maximum atomic E-state index is 12.7. The molecule has 2 aromatic rings. The van der Waals surface area contributed by atoms with Gasteiger partial charge in [0.1, 0.15) is 13.2 Å². The summed E-state index contributed by atoms with van der Waals surface area (Å²) in [6.45, 7) is 5.11. The highest BCUT2D eigenvalue weighted by Crippen LogP contribution is 2.33. The van der Waals surface area contributed by atoms with Crippen LogP contribution in [0, 0.1) is 0 Å². The molecule has 0 saturated heterocycles. The van der Waals surface area contributed by atoms with E-state index in [1.807, 2.05) is 56.3 Å². The summed E-state index contributed by atoms with van der Waals surface area (Å²) in [7, 11) is 0. The minimum absolute atomic E-state index is 0.0230. The average molecular weight is 392 g/mol. The predicted molar refractivity (Wildman–Crippen MR) is 105 cm³/mol. The third-order valence-corrected chi connectivity index (χ3v) is 5.81. The molecule has 2 aromatic carbocycles. The van der Waals surface area contributed by atoms with E-state index >= 15 is 0 Å². The summed E-state index contributed by atoms with van der Waals surface area (Å²) < 4.78 is 11.2. The number of halogens is 1. The molecule has 1 aliphatic heterocycles. The van der Waals surface area contributed by atoms with Crippen molar-refractivity contribution in [2.24, 2.45) is 0 Å². The molecule has 0 saturated carbocycles. The number of carbonyl (C=O) groups excluding carboxylic acids is 1. The molecular formula is C20H22ClNO3S. The third kappa shape index (κ3) is 4.65. The standard InChI is InChI=1S/C20H22ClNO3S/c1-3-19(26-16-7-5-15(21)6-8-16)20(23)22-13(2)14-4-9-17-18(12-14)25-11-10-24-17/h4-9,12-13,19H,3,10-11H2,1-2H3,(H,22,23)/t13-,19-/m1/s1. The zero-order valence-corrected chi connectivity index (χ0v) is 16.4. The largest absolute Gasteiger partial charge is 0.486 e. The van der Waals surface area contributed by atoms with Crippen LogP contribution in [-0.2, 0) is 4.79 Å². The van der Waals surface area contributed by atoms with Crippen molar-refractivity contribution < 1.29 is 14.3 Å². The molecule has 1 amide bonds. The number of hydrogen-bond donors (Lipinski definition) is 1. The monoisotopic (exact) mass is 391 g/mol. The molecule has 1 N–H and O–H groups in total. The van der Waals surface area contributed by atoms with E-state index in [4.69, 9.17) is 21.1 Å². The Labute approximate surface area is 163 Å². The second-order valence-corrected chi connectivity index (χ2v) is 7.81. The predicted octanol–water partition coefficient (Wildman–Crippen LogP) is 4.86. The zero-order valence-electron chi connectivity index (χ0n) is 14.8. The van der Waals surface area contributed by atoms with Gasteiger partial charge in [0.2, 0.25) is 5.91 Å². The summed E-state index contributed by atoms with van der Waals surface area (Å²) in [6.07, 6.45) is 0.743. The molecule has 0 aliphatic carbocycles. The molecule has 0 radical (unpaired) electrons. The molecule has 26 heavy (non-hydrogen) atoms. The van der Waals surface area contributed by atoms with E-state index in [9.17, 15) is 4.79 Å². The molecule has 3 rings (SSSR count). The van der Waals surface area contributed by atoms with Crippen molar-refractivity contribution in [2.45, 2.75) is 36.5 Å². The first-order valence-corrected chi connectivity index (χ1v) is 9.94. The first kappa shape index (κ1) is 18.9. The average Bonchev–Trinajstić information content (AvgIpc) is 2.67. The number of ether oxygens (including phenoxy) is 2. The molecule has 6 heteroatoms. The number of hydrogen-bond acceptors (Lipinski definition) is 4. The molecule has 0 bridgehead atoms. The second-order valence-electron chi connectivity index (χ2n) is 6.10. The van der Waals surface area contributed by atoms with Crippen LogP contribution < -0.4 is 14.8 Å². The number of carbonyl (C=O) groups is 1. The molecule has 1 aliphatic rings. The van der Waals surface area contributed by atoms with E-state index in [0.717, 1.165) is 28.4 Å². The van der Waals surface area contributed by atoms with Crippen molar-refractivity contribution in [3.05, 3.63) is 53.1 Å². The highest BCUT2D eigenvalue weighted by Gasteiger charge is 2.21. The number of thioether (sulfide) groups is 1. The number of benzene rings is 2. The summed E-state index contributed by atoms with van der Waals surface area (Å²) >= 11 is 7.47. The fourth-order valence-corrected chi connectivity index (χ4v) is 3.81. The molecule has 4 nitrogen and oxygen atoms in total. The topological polar surface area (TPSA) is 47.6 Å². The van der Waals surface area contributed by atoms with Gasteiger partial charge < -0.3 is 14.8 Å². The number of fused-ring (bicyclic) bond motifs is 1. The zero-order chi connectivity index (χ0) is 18.5. The van der Waals surface area contributed by atoms with Crippen LogP contribution in [0.15, 0.2) is 47.4 Å². The first-order valence-electron chi connectivity index (χ1n) is 8.69. The van der Waals surface area contributed by atoms with Gasteiger partial charge in [-0.15, -0.1) is 11.8 Å². The van der Waals surface area contributed by atoms with Crippen LogP contribution in [0.3, 0.4) is 0 Å². The van der Waals surface area contributed by atoms with Crippen molar-refractivity contribution >= 4 is 29.3 Å². The summed E-state index contributed by atoms with van der Waals surface area (Å²) in [5, 5.41) is 3.64. The Morgan fingerprint density at radius 1 is 1.15 bits per heavy atom. The van der Waals surface area contributed by atoms with Crippen LogP contribution in [-0.4, -0.2) is 24.4 Å². The van der Waals surface area contributed by atoms with Crippen LogP contribution in [0.25, 0.3) is 0 Å². The van der Waals surface area contributed by atoms with E-state index in [1.165, 1.54) is 0 Å². The maximum Gasteiger partial charge on any atom is 0.233 e. The lowest BCUT2D eigenvalue weighted by atomic mass is 10.1. The minimum Gasteiger partial charge on any atom is -0.486 e. The van der Waals surface area contributed by atoms with E-state index in [2.05, 4.69) is 5.32 Å². The Morgan fingerprint density at radius 2 is 1.85 bits per heavy atom. The van der Waals surface area contributed by atoms with Crippen molar-refractivity contribution in [3.63, 3.8) is 0 Å². The van der Waals surface area contributed by atoms with Gasteiger partial charge >= 0.3 is 0 Å². The first-order chi connectivity index (χ1) is 12.6. The Bertz CT molecular complexity index is 766. The van der Waals surface area contributed by atoms with Gasteiger partial charge in [0, 0.05) is 9.92 Å². The van der Waals surface area contributed by atoms with Crippen LogP contribution in [0.2, 0.25) is 5.02 Å². The summed E-state index contributed by atoms with van der Waals surface area (Å²) in [5.41, 5.74) is 0.994. The Kier molecular flexibility index (Phi) is 6.33. The molecule has 0 fully saturated rings. The Morgan fingerprint density at radius 3 is 2.54 bits per heavy atom. The van der Waals surface area contributed by atoms with E-state index < -0.39 is 0 Å². The maximum absolute atomic E-state index is 12.7. The van der Waals surface area contributed by atoms with Gasteiger partial charge in [-0.2, -0.15) is 0 Å². The smallest absolute Gasteiger partial charge is 0.233 e. The lowest BCUT2D eigenvalue weighted by Gasteiger charge is -2.22. The van der Waals surface area contributed by atoms with Gasteiger partial charge in [0.05, 0.1) is 11.3 Å². The fourth-order valence-electron chi connectivity index (χ4n) is 2.72. The molecule has 0 unspecified atom stereocenters. The van der Waals surface area contributed by atoms with Gasteiger partial charge in [-0.1, -0.05) is 24.6 Å². The Balaban J connectivity index is 1.64. The minimum atomic E-state index is -0.157. The van der Waals surface area contributed by atoms with Gasteiger partial charge in [0.15, 0.2) is 11.5 Å². The molecular weight excluding hydrogens is 370 g/mol. The highest BCUT2D eigenvalue weighted by molar-refractivity contribution is 8.00.